The highest BCUT2D eigenvalue weighted by Gasteiger charge is 2.10. The molecule has 3 rings (SSSR count). The summed E-state index contributed by atoms with van der Waals surface area (Å²) >= 11 is 3.35. The van der Waals surface area contributed by atoms with Crippen molar-refractivity contribution in [3.63, 3.8) is 0 Å². The summed E-state index contributed by atoms with van der Waals surface area (Å²) in [5.41, 5.74) is 2.40. The fourth-order valence-corrected chi connectivity index (χ4v) is 2.53. The van der Waals surface area contributed by atoms with Crippen LogP contribution in [0.15, 0.2) is 83.3 Å². The van der Waals surface area contributed by atoms with Gasteiger partial charge in [-0.05, 0) is 36.4 Å². The summed E-state index contributed by atoms with van der Waals surface area (Å²) in [6.07, 6.45) is 0. The molecule has 4 heteroatoms. The first-order chi connectivity index (χ1) is 11.6. The van der Waals surface area contributed by atoms with Crippen LogP contribution < -0.4 is 5.32 Å². The second-order valence-electron chi connectivity index (χ2n) is 5.23. The predicted molar refractivity (Wildman–Crippen MR) is 98.4 cm³/mol. The van der Waals surface area contributed by atoms with Crippen LogP contribution in [0.25, 0.3) is 0 Å². The van der Waals surface area contributed by atoms with Gasteiger partial charge in [0.1, 0.15) is 0 Å². The average Bonchev–Trinajstić information content (AvgIpc) is 2.64. The third kappa shape index (κ3) is 3.78. The van der Waals surface area contributed by atoms with E-state index in [2.05, 4.69) is 21.2 Å². The Hall–Kier alpha value is -2.72. The molecule has 0 fully saturated rings. The van der Waals surface area contributed by atoms with Crippen LogP contribution in [0.4, 0.5) is 5.69 Å². The Kier molecular flexibility index (Phi) is 4.87. The molecule has 0 saturated carbocycles. The normalized spacial score (nSPS) is 10.2. The summed E-state index contributed by atoms with van der Waals surface area (Å²) in [6.45, 7) is 0. The Bertz CT molecular complexity index is 856. The van der Waals surface area contributed by atoms with E-state index in [-0.39, 0.29) is 11.7 Å². The Morgan fingerprint density at radius 2 is 1.21 bits per heavy atom. The SMILES string of the molecule is O=C(Nc1ccc(Br)cc1)c1ccc(C(=O)c2ccccc2)cc1. The van der Waals surface area contributed by atoms with Crippen LogP contribution in [0.2, 0.25) is 0 Å². The second kappa shape index (κ2) is 7.23. The molecule has 118 valence electrons. The zero-order valence-electron chi connectivity index (χ0n) is 12.7. The van der Waals surface area contributed by atoms with Crippen molar-refractivity contribution >= 4 is 33.3 Å². The molecule has 0 saturated heterocycles. The summed E-state index contributed by atoms with van der Waals surface area (Å²) in [5.74, 6) is -0.272. The summed E-state index contributed by atoms with van der Waals surface area (Å²) in [4.78, 5) is 24.6. The van der Waals surface area contributed by atoms with Crippen molar-refractivity contribution in [2.75, 3.05) is 5.32 Å². The Morgan fingerprint density at radius 3 is 1.83 bits per heavy atom. The number of hydrogen-bond donors (Lipinski definition) is 1. The summed E-state index contributed by atoms with van der Waals surface area (Å²) in [7, 11) is 0. The molecule has 3 nitrogen and oxygen atoms in total. The highest BCUT2D eigenvalue weighted by atomic mass is 79.9. The van der Waals surface area contributed by atoms with E-state index in [1.54, 1.807) is 36.4 Å². The van der Waals surface area contributed by atoms with Crippen LogP contribution in [-0.2, 0) is 0 Å². The Balaban J connectivity index is 1.73. The summed E-state index contributed by atoms with van der Waals surface area (Å²) in [6, 6.07) is 23.1. The van der Waals surface area contributed by atoms with Crippen molar-refractivity contribution in [1.82, 2.24) is 0 Å². The molecule has 3 aromatic rings. The zero-order valence-corrected chi connectivity index (χ0v) is 14.3. The number of nitrogens with one attached hydrogen (secondary N) is 1. The predicted octanol–water partition coefficient (Wildman–Crippen LogP) is 4.93. The van der Waals surface area contributed by atoms with Gasteiger partial charge in [0, 0.05) is 26.9 Å². The summed E-state index contributed by atoms with van der Waals surface area (Å²) < 4.78 is 0.948. The molecule has 0 atom stereocenters. The van der Waals surface area contributed by atoms with Gasteiger partial charge in [0.2, 0.25) is 0 Å². The average molecular weight is 380 g/mol. The molecule has 0 bridgehead atoms. The number of anilines is 1. The smallest absolute Gasteiger partial charge is 0.255 e. The first-order valence-electron chi connectivity index (χ1n) is 7.40. The maximum atomic E-state index is 12.3. The molecular formula is C20H14BrNO2. The van der Waals surface area contributed by atoms with Gasteiger partial charge in [-0.25, -0.2) is 0 Å². The molecular weight excluding hydrogens is 366 g/mol. The number of carbonyl (C=O) groups is 2. The molecule has 0 aliphatic rings. The molecule has 0 heterocycles. The largest absolute Gasteiger partial charge is 0.322 e. The van der Waals surface area contributed by atoms with Crippen LogP contribution in [0.5, 0.6) is 0 Å². The number of hydrogen-bond acceptors (Lipinski definition) is 2. The molecule has 0 unspecified atom stereocenters. The first-order valence-corrected chi connectivity index (χ1v) is 8.19. The van der Waals surface area contributed by atoms with Crippen LogP contribution in [0.3, 0.4) is 0 Å². The highest BCUT2D eigenvalue weighted by molar-refractivity contribution is 9.10. The fraction of sp³-hybridized carbons (Fsp3) is 0. The van der Waals surface area contributed by atoms with Crippen molar-refractivity contribution in [2.45, 2.75) is 0 Å². The number of carbonyl (C=O) groups excluding carboxylic acids is 2. The Morgan fingerprint density at radius 1 is 0.667 bits per heavy atom. The third-order valence-corrected chi connectivity index (χ3v) is 4.08. The molecule has 24 heavy (non-hydrogen) atoms. The molecule has 0 aliphatic carbocycles. The van der Waals surface area contributed by atoms with Gasteiger partial charge in [0.15, 0.2) is 5.78 Å². The maximum Gasteiger partial charge on any atom is 0.255 e. The van der Waals surface area contributed by atoms with Gasteiger partial charge in [-0.2, -0.15) is 0 Å². The quantitative estimate of drug-likeness (QED) is 0.653. The third-order valence-electron chi connectivity index (χ3n) is 3.55. The van der Waals surface area contributed by atoms with E-state index in [1.165, 1.54) is 0 Å². The van der Waals surface area contributed by atoms with Gasteiger partial charge >= 0.3 is 0 Å². The molecule has 1 amide bonds. The van der Waals surface area contributed by atoms with E-state index in [9.17, 15) is 9.59 Å². The number of ketones is 1. The van der Waals surface area contributed by atoms with Crippen LogP contribution in [-0.4, -0.2) is 11.7 Å². The fourth-order valence-electron chi connectivity index (χ4n) is 2.27. The van der Waals surface area contributed by atoms with Crippen molar-refractivity contribution < 1.29 is 9.59 Å². The molecule has 0 radical (unpaired) electrons. The minimum Gasteiger partial charge on any atom is -0.322 e. The van der Waals surface area contributed by atoms with E-state index < -0.39 is 0 Å². The molecule has 0 spiro atoms. The van der Waals surface area contributed by atoms with Crippen LogP contribution in [0.1, 0.15) is 26.3 Å². The highest BCUT2D eigenvalue weighted by Crippen LogP contribution is 2.16. The lowest BCUT2D eigenvalue weighted by atomic mass is 10.0. The van der Waals surface area contributed by atoms with Gasteiger partial charge in [-0.15, -0.1) is 0 Å². The maximum absolute atomic E-state index is 12.3. The monoisotopic (exact) mass is 379 g/mol. The lowest BCUT2D eigenvalue weighted by Gasteiger charge is -2.06. The lowest BCUT2D eigenvalue weighted by molar-refractivity contribution is 0.102. The van der Waals surface area contributed by atoms with E-state index in [0.29, 0.717) is 22.4 Å². The van der Waals surface area contributed by atoms with Crippen molar-refractivity contribution in [1.29, 1.82) is 0 Å². The van der Waals surface area contributed by atoms with Gasteiger partial charge in [-0.3, -0.25) is 9.59 Å². The van der Waals surface area contributed by atoms with E-state index in [0.717, 1.165) is 4.47 Å². The summed E-state index contributed by atoms with van der Waals surface area (Å²) in [5, 5.41) is 2.82. The lowest BCUT2D eigenvalue weighted by Crippen LogP contribution is -2.12. The number of rotatable bonds is 4. The van der Waals surface area contributed by atoms with Gasteiger partial charge in [-0.1, -0.05) is 58.4 Å². The van der Waals surface area contributed by atoms with E-state index in [1.807, 2.05) is 42.5 Å². The minimum absolute atomic E-state index is 0.0598. The minimum atomic E-state index is -0.212. The van der Waals surface area contributed by atoms with E-state index in [4.69, 9.17) is 0 Å². The topological polar surface area (TPSA) is 46.2 Å². The standard InChI is InChI=1S/C20H14BrNO2/c21-17-10-12-18(13-11-17)22-20(24)16-8-6-15(7-9-16)19(23)14-4-2-1-3-5-14/h1-13H,(H,22,24). The van der Waals surface area contributed by atoms with Gasteiger partial charge in [0.05, 0.1) is 0 Å². The van der Waals surface area contributed by atoms with Crippen LogP contribution in [0, 0.1) is 0 Å². The molecule has 0 aromatic heterocycles. The molecule has 0 aliphatic heterocycles. The molecule has 1 N–H and O–H groups in total. The van der Waals surface area contributed by atoms with Crippen molar-refractivity contribution in [2.24, 2.45) is 0 Å². The number of halogens is 1. The first kappa shape index (κ1) is 16.1. The van der Waals surface area contributed by atoms with E-state index >= 15 is 0 Å². The molecule has 3 aromatic carbocycles. The Labute approximate surface area is 148 Å². The van der Waals surface area contributed by atoms with Crippen molar-refractivity contribution in [3.05, 3.63) is 100 Å². The number of amides is 1. The van der Waals surface area contributed by atoms with Gasteiger partial charge < -0.3 is 5.32 Å². The van der Waals surface area contributed by atoms with Crippen molar-refractivity contribution in [3.8, 4) is 0 Å². The second-order valence-corrected chi connectivity index (χ2v) is 6.15. The number of benzene rings is 3. The zero-order chi connectivity index (χ0) is 16.9. The van der Waals surface area contributed by atoms with Gasteiger partial charge in [0.25, 0.3) is 5.91 Å². The van der Waals surface area contributed by atoms with Crippen LogP contribution >= 0.6 is 15.9 Å².